The zero-order chi connectivity index (χ0) is 70.5. The van der Waals surface area contributed by atoms with Crippen molar-refractivity contribution in [3.05, 3.63) is 0 Å². The molecular weight excluding hydrogens is 1280 g/mol. The molecule has 2 aliphatic heterocycles. The summed E-state index contributed by atoms with van der Waals surface area (Å²) in [5.41, 5.74) is 5.58. The van der Waals surface area contributed by atoms with Gasteiger partial charge in [-0.3, -0.25) is 28.0 Å². The highest BCUT2D eigenvalue weighted by molar-refractivity contribution is 7.47. The highest BCUT2D eigenvalue weighted by Crippen LogP contribution is 2.44. The van der Waals surface area contributed by atoms with E-state index in [9.17, 15) is 63.7 Å². The molecule has 0 saturated carbocycles. The number of phosphoric ester groups is 2. The van der Waals surface area contributed by atoms with Crippen molar-refractivity contribution < 1.29 is 101 Å². The third-order valence-corrected chi connectivity index (χ3v) is 19.8. The van der Waals surface area contributed by atoms with Gasteiger partial charge in [0.1, 0.15) is 54.8 Å². The van der Waals surface area contributed by atoms with Crippen molar-refractivity contribution >= 4 is 33.4 Å². The molecular formula is C70H137N3O21P2. The number of amides is 2. The van der Waals surface area contributed by atoms with Gasteiger partial charge >= 0.3 is 21.6 Å². The predicted octanol–water partition coefficient (Wildman–Crippen LogP) is 12.4. The Hall–Kier alpha value is -1.77. The Kier molecular flexibility index (Phi) is 54.3. The maximum Gasteiger partial charge on any atom is 0.472 e. The first kappa shape index (κ1) is 90.3. The minimum absolute atomic E-state index is 0.0198. The van der Waals surface area contributed by atoms with Crippen LogP contribution in [0.3, 0.4) is 0 Å². The van der Waals surface area contributed by atoms with Crippen LogP contribution in [0.5, 0.6) is 0 Å². The van der Waals surface area contributed by atoms with E-state index >= 15 is 0 Å². The summed E-state index contributed by atoms with van der Waals surface area (Å²) in [4.78, 5) is 71.3. The Bertz CT molecular complexity index is 2000. The van der Waals surface area contributed by atoms with Crippen molar-refractivity contribution in [1.82, 2.24) is 10.6 Å². The van der Waals surface area contributed by atoms with Gasteiger partial charge in [0.15, 0.2) is 12.6 Å². The van der Waals surface area contributed by atoms with E-state index in [2.05, 4.69) is 31.4 Å². The van der Waals surface area contributed by atoms with Gasteiger partial charge in [-0.25, -0.2) is 9.13 Å². The van der Waals surface area contributed by atoms with Crippen molar-refractivity contribution in [2.75, 3.05) is 39.6 Å². The molecule has 1 unspecified atom stereocenters. The van der Waals surface area contributed by atoms with Gasteiger partial charge in [0, 0.05) is 6.42 Å². The number of carbonyl (C=O) groups is 3. The second-order valence-electron chi connectivity index (χ2n) is 27.1. The number of aliphatic hydroxyl groups is 5. The SMILES string of the molecule is CCCCCCCCCCCC(=O)O[C@H](CCCCCCCCCCC)CC(=O)N[C@H]1[C@H](OC[C@H]2O[C@H](OCCOP(=O)(O)OCCCCCCCCCCCCCCCCN)[C@H](NC(=O)C[C@H](O)CCCCCCCCCCC)[C@@H](O)[C@@H]2O)O[C@H](CO)[C@@H](OP(=O)(O)O)[C@@H]1O. The van der Waals surface area contributed by atoms with Crippen LogP contribution in [0, 0.1) is 0 Å². The quantitative estimate of drug-likeness (QED) is 0.0153. The van der Waals surface area contributed by atoms with Crippen molar-refractivity contribution in [3.63, 3.8) is 0 Å². The number of hydrogen-bond donors (Lipinski definition) is 11. The van der Waals surface area contributed by atoms with Crippen LogP contribution in [-0.2, 0) is 60.8 Å². The average Bonchev–Trinajstić information content (AvgIpc) is 0.798. The molecule has 0 spiro atoms. The van der Waals surface area contributed by atoms with Gasteiger partial charge in [-0.15, -0.1) is 0 Å². The lowest BCUT2D eigenvalue weighted by atomic mass is 9.95. The van der Waals surface area contributed by atoms with E-state index in [1.165, 1.54) is 116 Å². The third-order valence-electron chi connectivity index (χ3n) is 18.3. The standard InChI is InChI=1S/C70H137N3O21P2/c1-4-7-10-13-16-25-30-35-40-45-56(75)52-60(76)72-63-66(80)65(79)59(93-69(63)87-50-51-90-96(85,86)89-49-44-39-34-29-24-22-20-19-21-23-28-33-38-43-48-71)55-88-70-64(67(81)68(58(54-74)92-70)94-95(82,83)84)73-61(77)53-57(46-41-36-31-26-17-14-11-8-5-2)91-62(78)47-42-37-32-27-18-15-12-9-6-3/h56-59,63-70,74-75,79-81H,4-55,71H2,1-3H3,(H,72,76)(H,73,77)(H,85,86)(H2,82,83,84)/t56-,57-,58-,59-,63-,64-,65-,66-,67-,68-,69+,70-/m1/s1. The van der Waals surface area contributed by atoms with E-state index in [1.54, 1.807) is 0 Å². The molecule has 2 heterocycles. The number of phosphoric acid groups is 2. The molecule has 0 bridgehead atoms. The summed E-state index contributed by atoms with van der Waals surface area (Å²) >= 11 is 0. The first-order valence-electron chi connectivity index (χ1n) is 38.0. The molecule has 12 N–H and O–H groups in total. The molecule has 2 rings (SSSR count). The summed E-state index contributed by atoms with van der Waals surface area (Å²) in [6, 6.07) is -3.19. The van der Waals surface area contributed by atoms with Crippen molar-refractivity contribution in [1.29, 1.82) is 0 Å². The Morgan fingerprint density at radius 1 is 0.479 bits per heavy atom. The third kappa shape index (κ3) is 45.3. The second-order valence-corrected chi connectivity index (χ2v) is 29.7. The molecule has 2 fully saturated rings. The van der Waals surface area contributed by atoms with E-state index in [0.717, 1.165) is 129 Å². The van der Waals surface area contributed by atoms with Crippen LogP contribution in [0.1, 0.15) is 316 Å². The van der Waals surface area contributed by atoms with E-state index in [4.69, 9.17) is 43.0 Å². The molecule has 96 heavy (non-hydrogen) atoms. The van der Waals surface area contributed by atoms with Gasteiger partial charge in [0.2, 0.25) is 11.8 Å². The Morgan fingerprint density at radius 3 is 1.36 bits per heavy atom. The topological polar surface area (TPSA) is 371 Å². The number of unbranched alkanes of at least 4 members (excludes halogenated alkanes) is 37. The number of carbonyl (C=O) groups excluding carboxylic acids is 3. The number of esters is 1. The van der Waals surface area contributed by atoms with Crippen LogP contribution in [0.2, 0.25) is 0 Å². The molecule has 2 amide bonds. The van der Waals surface area contributed by atoms with Crippen LogP contribution in [0.4, 0.5) is 0 Å². The molecule has 24 nitrogen and oxygen atoms in total. The highest BCUT2D eigenvalue weighted by Gasteiger charge is 2.51. The fraction of sp³-hybridized carbons (Fsp3) is 0.957. The van der Waals surface area contributed by atoms with Gasteiger partial charge in [-0.2, -0.15) is 0 Å². The van der Waals surface area contributed by atoms with Crippen LogP contribution in [-0.4, -0.2) is 171 Å². The van der Waals surface area contributed by atoms with Crippen LogP contribution in [0.25, 0.3) is 0 Å². The fourth-order valence-electron chi connectivity index (χ4n) is 12.5. The smallest absolute Gasteiger partial charge is 0.462 e. The number of nitrogens with two attached hydrogens (primary N) is 1. The summed E-state index contributed by atoms with van der Waals surface area (Å²) in [6.45, 7) is 4.61. The van der Waals surface area contributed by atoms with E-state index in [1.807, 2.05) is 0 Å². The lowest BCUT2D eigenvalue weighted by Gasteiger charge is -2.45. The van der Waals surface area contributed by atoms with Crippen molar-refractivity contribution in [2.45, 2.75) is 390 Å². The Labute approximate surface area is 577 Å². The molecule has 2 saturated heterocycles. The highest BCUT2D eigenvalue weighted by atomic mass is 31.2. The molecule has 0 aromatic rings. The van der Waals surface area contributed by atoms with Crippen LogP contribution < -0.4 is 16.4 Å². The fourth-order valence-corrected chi connectivity index (χ4v) is 13.8. The zero-order valence-corrected chi connectivity index (χ0v) is 61.3. The molecule has 0 aromatic carbocycles. The van der Waals surface area contributed by atoms with Crippen LogP contribution in [0.15, 0.2) is 0 Å². The molecule has 0 radical (unpaired) electrons. The first-order chi connectivity index (χ1) is 46.3. The van der Waals surface area contributed by atoms with Gasteiger partial charge in [0.25, 0.3) is 0 Å². The van der Waals surface area contributed by atoms with Gasteiger partial charge in [-0.1, -0.05) is 258 Å². The zero-order valence-electron chi connectivity index (χ0n) is 59.6. The minimum atomic E-state index is -5.38. The van der Waals surface area contributed by atoms with E-state index in [-0.39, 0.29) is 25.9 Å². The molecule has 2 aliphatic rings. The summed E-state index contributed by atoms with van der Waals surface area (Å²) in [7, 11) is -9.94. The van der Waals surface area contributed by atoms with Crippen molar-refractivity contribution in [3.8, 4) is 0 Å². The van der Waals surface area contributed by atoms with Gasteiger partial charge < -0.3 is 80.3 Å². The molecule has 568 valence electrons. The normalized spacial score (nSPS) is 22.8. The Morgan fingerprint density at radius 2 is 0.885 bits per heavy atom. The number of aliphatic hydroxyl groups excluding tert-OH is 5. The van der Waals surface area contributed by atoms with Crippen molar-refractivity contribution in [2.24, 2.45) is 5.73 Å². The number of ether oxygens (including phenoxy) is 5. The van der Waals surface area contributed by atoms with E-state index < -0.39 is 133 Å². The summed E-state index contributed by atoms with van der Waals surface area (Å²) in [5, 5.41) is 61.6. The number of rotatable bonds is 65. The monoisotopic (exact) mass is 1420 g/mol. The second kappa shape index (κ2) is 57.7. The molecule has 0 aliphatic carbocycles. The molecule has 0 aromatic heterocycles. The Balaban J connectivity index is 2.23. The van der Waals surface area contributed by atoms with Gasteiger partial charge in [-0.05, 0) is 45.1 Å². The summed E-state index contributed by atoms with van der Waals surface area (Å²) in [6.07, 6.45) is 28.0. The maximum absolute atomic E-state index is 14.2. The first-order valence-corrected chi connectivity index (χ1v) is 41.0. The summed E-state index contributed by atoms with van der Waals surface area (Å²) < 4.78 is 70.5. The van der Waals surface area contributed by atoms with Gasteiger partial charge in [0.05, 0.1) is 52.0 Å². The maximum atomic E-state index is 14.2. The van der Waals surface area contributed by atoms with E-state index in [0.29, 0.717) is 38.5 Å². The average molecular weight is 1420 g/mol. The summed E-state index contributed by atoms with van der Waals surface area (Å²) in [5.74, 6) is -1.91. The number of hydrogen-bond acceptors (Lipinski definition) is 19. The molecule has 13 atom stereocenters. The predicted molar refractivity (Wildman–Crippen MR) is 371 cm³/mol. The largest absolute Gasteiger partial charge is 0.472 e. The number of nitrogens with one attached hydrogen (secondary N) is 2. The lowest BCUT2D eigenvalue weighted by molar-refractivity contribution is -0.303. The lowest BCUT2D eigenvalue weighted by Crippen LogP contribution is -2.67. The minimum Gasteiger partial charge on any atom is -0.462 e. The van der Waals surface area contributed by atoms with Crippen LogP contribution >= 0.6 is 15.6 Å². The molecule has 26 heteroatoms.